The summed E-state index contributed by atoms with van der Waals surface area (Å²) in [6.07, 6.45) is 2.53. The van der Waals surface area contributed by atoms with E-state index in [1.165, 1.54) is 11.3 Å². The van der Waals surface area contributed by atoms with Crippen molar-refractivity contribution in [3.8, 4) is 5.75 Å². The molecule has 1 heterocycles. The molecule has 0 bridgehead atoms. The molecule has 0 aliphatic heterocycles. The number of para-hydroxylation sites is 1. The first kappa shape index (κ1) is 12.6. The summed E-state index contributed by atoms with van der Waals surface area (Å²) in [5.41, 5.74) is 1.10. The van der Waals surface area contributed by atoms with Crippen LogP contribution in [0.2, 0.25) is 0 Å². The van der Waals surface area contributed by atoms with E-state index >= 15 is 0 Å². The third-order valence-electron chi connectivity index (χ3n) is 2.39. The first-order valence-corrected chi connectivity index (χ1v) is 6.57. The minimum atomic E-state index is -0.198. The number of carbonyl (C=O) groups excluding carboxylic acids is 1. The van der Waals surface area contributed by atoms with E-state index in [0.717, 1.165) is 17.7 Å². The second-order valence-electron chi connectivity index (χ2n) is 3.64. The molecule has 0 fully saturated rings. The van der Waals surface area contributed by atoms with E-state index < -0.39 is 0 Å². The van der Waals surface area contributed by atoms with E-state index in [-0.39, 0.29) is 12.5 Å². The highest BCUT2D eigenvalue weighted by Gasteiger charge is 2.06. The van der Waals surface area contributed by atoms with Crippen LogP contribution in [0.15, 0.2) is 35.8 Å². The summed E-state index contributed by atoms with van der Waals surface area (Å²) in [6.45, 7) is 2.05. The largest absolute Gasteiger partial charge is 0.483 e. The van der Waals surface area contributed by atoms with Crippen molar-refractivity contribution in [2.75, 3.05) is 11.9 Å². The number of nitrogens with one attached hydrogen (secondary N) is 1. The summed E-state index contributed by atoms with van der Waals surface area (Å²) < 4.78 is 5.50. The van der Waals surface area contributed by atoms with Gasteiger partial charge in [0.05, 0.1) is 0 Å². The number of rotatable bonds is 5. The maximum atomic E-state index is 11.6. The zero-order chi connectivity index (χ0) is 12.8. The van der Waals surface area contributed by atoms with Gasteiger partial charge in [0, 0.05) is 11.6 Å². The van der Waals surface area contributed by atoms with Crippen LogP contribution in [0.5, 0.6) is 5.75 Å². The standard InChI is InChI=1S/C13H14N2O2S/c1-2-10-5-3-4-6-11(10)17-9-12(16)15-13-14-7-8-18-13/h3-8H,2,9H2,1H3,(H,14,15,16). The summed E-state index contributed by atoms with van der Waals surface area (Å²) >= 11 is 1.38. The zero-order valence-corrected chi connectivity index (χ0v) is 10.9. The zero-order valence-electron chi connectivity index (χ0n) is 10.1. The third kappa shape index (κ3) is 3.30. The summed E-state index contributed by atoms with van der Waals surface area (Å²) in [5, 5.41) is 5.07. The quantitative estimate of drug-likeness (QED) is 0.901. The topological polar surface area (TPSA) is 51.2 Å². The lowest BCUT2D eigenvalue weighted by Gasteiger charge is -2.09. The number of hydrogen-bond donors (Lipinski definition) is 1. The number of aromatic nitrogens is 1. The van der Waals surface area contributed by atoms with Crippen molar-refractivity contribution in [2.45, 2.75) is 13.3 Å². The van der Waals surface area contributed by atoms with Gasteiger partial charge >= 0.3 is 0 Å². The Kier molecular flexibility index (Phi) is 4.30. The molecule has 1 amide bonds. The highest BCUT2D eigenvalue weighted by Crippen LogP contribution is 2.18. The monoisotopic (exact) mass is 262 g/mol. The molecule has 0 unspecified atom stereocenters. The number of carbonyl (C=O) groups is 1. The molecule has 0 radical (unpaired) electrons. The molecule has 1 aromatic carbocycles. The van der Waals surface area contributed by atoms with Gasteiger partial charge in [0.2, 0.25) is 0 Å². The average Bonchev–Trinajstić information content (AvgIpc) is 2.89. The molecule has 1 N–H and O–H groups in total. The lowest BCUT2D eigenvalue weighted by atomic mass is 10.1. The van der Waals surface area contributed by atoms with E-state index in [0.29, 0.717) is 5.13 Å². The Bertz CT molecular complexity index is 511. The number of anilines is 1. The highest BCUT2D eigenvalue weighted by atomic mass is 32.1. The number of thiazole rings is 1. The van der Waals surface area contributed by atoms with Crippen LogP contribution in [0, 0.1) is 0 Å². The third-order valence-corrected chi connectivity index (χ3v) is 3.08. The van der Waals surface area contributed by atoms with Gasteiger partial charge in [0.15, 0.2) is 11.7 Å². The minimum Gasteiger partial charge on any atom is -0.483 e. The number of aryl methyl sites for hydroxylation is 1. The Morgan fingerprint density at radius 2 is 2.28 bits per heavy atom. The van der Waals surface area contributed by atoms with Gasteiger partial charge in [-0.25, -0.2) is 4.98 Å². The first-order chi connectivity index (χ1) is 8.79. The van der Waals surface area contributed by atoms with Gasteiger partial charge in [0.1, 0.15) is 5.75 Å². The van der Waals surface area contributed by atoms with E-state index in [4.69, 9.17) is 4.74 Å². The molecule has 0 aliphatic carbocycles. The van der Waals surface area contributed by atoms with Gasteiger partial charge in [-0.3, -0.25) is 10.1 Å². The summed E-state index contributed by atoms with van der Waals surface area (Å²) in [6, 6.07) is 7.72. The van der Waals surface area contributed by atoms with Gasteiger partial charge < -0.3 is 4.74 Å². The van der Waals surface area contributed by atoms with Crippen LogP contribution in [0.1, 0.15) is 12.5 Å². The molecule has 0 saturated heterocycles. The maximum Gasteiger partial charge on any atom is 0.264 e. The van der Waals surface area contributed by atoms with Gasteiger partial charge in [-0.2, -0.15) is 0 Å². The lowest BCUT2D eigenvalue weighted by molar-refractivity contribution is -0.118. The predicted octanol–water partition coefficient (Wildman–Crippen LogP) is 2.72. The molecular formula is C13H14N2O2S. The van der Waals surface area contributed by atoms with E-state index in [1.54, 1.807) is 6.20 Å². The average molecular weight is 262 g/mol. The summed E-state index contributed by atoms with van der Waals surface area (Å²) in [4.78, 5) is 15.6. The number of hydrogen-bond acceptors (Lipinski definition) is 4. The summed E-state index contributed by atoms with van der Waals surface area (Å²) in [7, 11) is 0. The number of benzene rings is 1. The van der Waals surface area contributed by atoms with Crippen LogP contribution in [0.4, 0.5) is 5.13 Å². The number of amides is 1. The van der Waals surface area contributed by atoms with Gasteiger partial charge in [-0.05, 0) is 18.1 Å². The normalized spacial score (nSPS) is 10.1. The summed E-state index contributed by atoms with van der Waals surface area (Å²) in [5.74, 6) is 0.560. The molecule has 0 aliphatic rings. The predicted molar refractivity (Wildman–Crippen MR) is 72.1 cm³/mol. The molecule has 2 rings (SSSR count). The molecule has 94 valence electrons. The van der Waals surface area contributed by atoms with Crippen LogP contribution in [0.3, 0.4) is 0 Å². The fraction of sp³-hybridized carbons (Fsp3) is 0.231. The molecule has 2 aromatic rings. The lowest BCUT2D eigenvalue weighted by Crippen LogP contribution is -2.20. The first-order valence-electron chi connectivity index (χ1n) is 5.69. The van der Waals surface area contributed by atoms with Crippen LogP contribution in [0.25, 0.3) is 0 Å². The van der Waals surface area contributed by atoms with Gasteiger partial charge in [-0.15, -0.1) is 11.3 Å². The van der Waals surface area contributed by atoms with Crippen molar-refractivity contribution in [3.63, 3.8) is 0 Å². The second-order valence-corrected chi connectivity index (χ2v) is 4.53. The Balaban J connectivity index is 1.89. The van der Waals surface area contributed by atoms with Crippen molar-refractivity contribution in [1.82, 2.24) is 4.98 Å². The number of nitrogens with zero attached hydrogens (tertiary/aromatic N) is 1. The van der Waals surface area contributed by atoms with Gasteiger partial charge in [0.25, 0.3) is 5.91 Å². The van der Waals surface area contributed by atoms with Crippen LogP contribution in [-0.4, -0.2) is 17.5 Å². The highest BCUT2D eigenvalue weighted by molar-refractivity contribution is 7.13. The van der Waals surface area contributed by atoms with Crippen LogP contribution in [-0.2, 0) is 11.2 Å². The fourth-order valence-corrected chi connectivity index (χ4v) is 2.07. The maximum absolute atomic E-state index is 11.6. The van der Waals surface area contributed by atoms with Crippen LogP contribution >= 0.6 is 11.3 Å². The Morgan fingerprint density at radius 1 is 1.44 bits per heavy atom. The van der Waals surface area contributed by atoms with Gasteiger partial charge in [-0.1, -0.05) is 25.1 Å². The van der Waals surface area contributed by atoms with Crippen molar-refractivity contribution in [3.05, 3.63) is 41.4 Å². The van der Waals surface area contributed by atoms with Crippen molar-refractivity contribution >= 4 is 22.4 Å². The Hall–Kier alpha value is -1.88. The van der Waals surface area contributed by atoms with Crippen molar-refractivity contribution in [2.24, 2.45) is 0 Å². The molecule has 5 heteroatoms. The van der Waals surface area contributed by atoms with Crippen molar-refractivity contribution < 1.29 is 9.53 Å². The Morgan fingerprint density at radius 3 is 3.00 bits per heavy atom. The van der Waals surface area contributed by atoms with Crippen LogP contribution < -0.4 is 10.1 Å². The van der Waals surface area contributed by atoms with Crippen molar-refractivity contribution in [1.29, 1.82) is 0 Å². The van der Waals surface area contributed by atoms with E-state index in [1.807, 2.05) is 29.6 Å². The van der Waals surface area contributed by atoms with E-state index in [2.05, 4.69) is 17.2 Å². The molecule has 0 spiro atoms. The molecule has 1 aromatic heterocycles. The number of ether oxygens (including phenoxy) is 1. The molecule has 18 heavy (non-hydrogen) atoms. The molecule has 0 atom stereocenters. The minimum absolute atomic E-state index is 0.00338. The molecule has 0 saturated carbocycles. The smallest absolute Gasteiger partial charge is 0.264 e. The molecule has 4 nitrogen and oxygen atoms in total. The van der Waals surface area contributed by atoms with E-state index in [9.17, 15) is 4.79 Å². The second kappa shape index (κ2) is 6.16. The fourth-order valence-electron chi connectivity index (χ4n) is 1.52. The SMILES string of the molecule is CCc1ccccc1OCC(=O)Nc1nccs1. The Labute approximate surface area is 110 Å². The molecular weight excluding hydrogens is 248 g/mol.